The molecule has 0 bridgehead atoms. The van der Waals surface area contributed by atoms with E-state index in [0.29, 0.717) is 18.0 Å². The van der Waals surface area contributed by atoms with Crippen molar-refractivity contribution in [2.75, 3.05) is 6.54 Å². The summed E-state index contributed by atoms with van der Waals surface area (Å²) in [5, 5.41) is 3.45. The van der Waals surface area contributed by atoms with Crippen LogP contribution in [0.3, 0.4) is 0 Å². The van der Waals surface area contributed by atoms with Crippen LogP contribution in [0, 0.1) is 17.6 Å². The maximum Gasteiger partial charge on any atom is 0.163 e. The normalized spacial score (nSPS) is 24.2. The zero-order chi connectivity index (χ0) is 12.3. The fourth-order valence-corrected chi connectivity index (χ4v) is 2.67. The molecule has 1 nitrogen and oxygen atoms in total. The average molecular weight is 260 g/mol. The first-order valence-corrected chi connectivity index (χ1v) is 6.38. The van der Waals surface area contributed by atoms with Gasteiger partial charge in [0.15, 0.2) is 11.6 Å². The fourth-order valence-electron chi connectivity index (χ4n) is 2.30. The second kappa shape index (κ2) is 5.78. The van der Waals surface area contributed by atoms with Crippen LogP contribution in [0.5, 0.6) is 0 Å². The third-order valence-electron chi connectivity index (χ3n) is 3.26. The van der Waals surface area contributed by atoms with Crippen molar-refractivity contribution >= 4 is 11.6 Å². The first-order valence-electron chi connectivity index (χ1n) is 5.94. The predicted octanol–water partition coefficient (Wildman–Crippen LogP) is 3.46. The Labute approximate surface area is 105 Å². The lowest BCUT2D eigenvalue weighted by molar-refractivity contribution is 0.468. The van der Waals surface area contributed by atoms with E-state index in [-0.39, 0.29) is 5.38 Å². The van der Waals surface area contributed by atoms with Crippen LogP contribution >= 0.6 is 11.6 Å². The molecule has 1 saturated carbocycles. The molecule has 0 amide bonds. The Morgan fingerprint density at radius 2 is 2.12 bits per heavy atom. The molecule has 0 saturated heterocycles. The van der Waals surface area contributed by atoms with E-state index in [1.165, 1.54) is 6.07 Å². The van der Waals surface area contributed by atoms with Crippen LogP contribution in [0.25, 0.3) is 0 Å². The minimum atomic E-state index is -0.786. The Balaban J connectivity index is 1.80. The van der Waals surface area contributed by atoms with Crippen LogP contribution in [-0.4, -0.2) is 11.9 Å². The molecule has 1 aliphatic carbocycles. The number of hydrogen-bond donors (Lipinski definition) is 1. The molecule has 1 aromatic carbocycles. The summed E-state index contributed by atoms with van der Waals surface area (Å²) in [6.07, 6.45) is 3.19. The van der Waals surface area contributed by atoms with Gasteiger partial charge >= 0.3 is 0 Å². The smallest absolute Gasteiger partial charge is 0.163 e. The molecule has 2 rings (SSSR count). The molecule has 4 heteroatoms. The Kier molecular flexibility index (Phi) is 4.35. The highest BCUT2D eigenvalue weighted by molar-refractivity contribution is 6.20. The lowest BCUT2D eigenvalue weighted by Crippen LogP contribution is -2.21. The summed E-state index contributed by atoms with van der Waals surface area (Å²) in [5.41, 5.74) is 0.380. The number of nitrogens with one attached hydrogen (secondary N) is 1. The van der Waals surface area contributed by atoms with Gasteiger partial charge in [0.25, 0.3) is 0 Å². The third kappa shape index (κ3) is 3.39. The molecule has 1 fully saturated rings. The number of rotatable bonds is 4. The highest BCUT2D eigenvalue weighted by atomic mass is 35.5. The Morgan fingerprint density at radius 1 is 1.29 bits per heavy atom. The molecule has 1 aliphatic rings. The third-order valence-corrected chi connectivity index (χ3v) is 3.65. The van der Waals surface area contributed by atoms with Crippen LogP contribution in [-0.2, 0) is 6.54 Å². The molecule has 0 heterocycles. The van der Waals surface area contributed by atoms with Crippen LogP contribution in [0.15, 0.2) is 18.2 Å². The molecule has 0 aromatic heterocycles. The van der Waals surface area contributed by atoms with Crippen molar-refractivity contribution in [3.63, 3.8) is 0 Å². The van der Waals surface area contributed by atoms with Gasteiger partial charge in [-0.1, -0.05) is 12.1 Å². The molecule has 17 heavy (non-hydrogen) atoms. The van der Waals surface area contributed by atoms with E-state index in [1.807, 2.05) is 0 Å². The minimum absolute atomic E-state index is 0.285. The second-order valence-electron chi connectivity index (χ2n) is 4.62. The summed E-state index contributed by atoms with van der Waals surface area (Å²) in [6, 6.07) is 4.26. The van der Waals surface area contributed by atoms with Gasteiger partial charge in [-0.05, 0) is 37.8 Å². The quantitative estimate of drug-likeness (QED) is 0.817. The topological polar surface area (TPSA) is 12.0 Å². The summed E-state index contributed by atoms with van der Waals surface area (Å²) >= 11 is 6.01. The van der Waals surface area contributed by atoms with Gasteiger partial charge in [-0.3, -0.25) is 0 Å². The maximum atomic E-state index is 13.3. The van der Waals surface area contributed by atoms with Crippen molar-refractivity contribution in [1.29, 1.82) is 0 Å². The number of benzene rings is 1. The molecule has 1 N–H and O–H groups in total. The van der Waals surface area contributed by atoms with Crippen LogP contribution in [0.1, 0.15) is 24.8 Å². The largest absolute Gasteiger partial charge is 0.312 e. The summed E-state index contributed by atoms with van der Waals surface area (Å²) in [4.78, 5) is 0. The number of alkyl halides is 1. The first-order chi connectivity index (χ1) is 8.16. The Morgan fingerprint density at radius 3 is 2.82 bits per heavy atom. The zero-order valence-electron chi connectivity index (χ0n) is 9.56. The molecule has 0 radical (unpaired) electrons. The van der Waals surface area contributed by atoms with Gasteiger partial charge in [-0.15, -0.1) is 11.6 Å². The first kappa shape index (κ1) is 12.8. The minimum Gasteiger partial charge on any atom is -0.312 e. The lowest BCUT2D eigenvalue weighted by Gasteiger charge is -2.11. The highest BCUT2D eigenvalue weighted by Gasteiger charge is 2.22. The Bertz CT molecular complexity index is 384. The number of hydrogen-bond acceptors (Lipinski definition) is 1. The van der Waals surface area contributed by atoms with E-state index < -0.39 is 11.6 Å². The van der Waals surface area contributed by atoms with Gasteiger partial charge in [-0.25, -0.2) is 8.78 Å². The summed E-state index contributed by atoms with van der Waals surface area (Å²) in [7, 11) is 0. The van der Waals surface area contributed by atoms with Crippen molar-refractivity contribution in [2.24, 2.45) is 5.92 Å². The summed E-state index contributed by atoms with van der Waals surface area (Å²) in [6.45, 7) is 1.19. The standard InChI is InChI=1S/C13H16ClF2N/c14-11-5-4-9(6-11)7-17-8-10-2-1-3-12(15)13(10)16/h1-3,9,11,17H,4-8H2. The van der Waals surface area contributed by atoms with Gasteiger partial charge in [0.05, 0.1) is 0 Å². The van der Waals surface area contributed by atoms with E-state index in [9.17, 15) is 8.78 Å². The van der Waals surface area contributed by atoms with Crippen LogP contribution < -0.4 is 5.32 Å². The fraction of sp³-hybridized carbons (Fsp3) is 0.538. The van der Waals surface area contributed by atoms with Crippen molar-refractivity contribution in [1.82, 2.24) is 5.32 Å². The second-order valence-corrected chi connectivity index (χ2v) is 5.24. The molecule has 2 atom stereocenters. The molecular weight excluding hydrogens is 244 g/mol. The van der Waals surface area contributed by atoms with E-state index in [1.54, 1.807) is 6.07 Å². The molecule has 1 aromatic rings. The SMILES string of the molecule is Fc1cccc(CNCC2CCC(Cl)C2)c1F. The molecule has 2 unspecified atom stereocenters. The summed E-state index contributed by atoms with van der Waals surface area (Å²) < 4.78 is 26.3. The van der Waals surface area contributed by atoms with Gasteiger partial charge in [0.2, 0.25) is 0 Å². The van der Waals surface area contributed by atoms with Crippen molar-refractivity contribution in [2.45, 2.75) is 31.2 Å². The lowest BCUT2D eigenvalue weighted by atomic mass is 10.1. The average Bonchev–Trinajstić information content (AvgIpc) is 2.70. The molecule has 0 spiro atoms. The highest BCUT2D eigenvalue weighted by Crippen LogP contribution is 2.28. The number of halogens is 3. The van der Waals surface area contributed by atoms with Gasteiger partial charge in [0.1, 0.15) is 0 Å². The van der Waals surface area contributed by atoms with Crippen LogP contribution in [0.2, 0.25) is 0 Å². The zero-order valence-corrected chi connectivity index (χ0v) is 10.3. The predicted molar refractivity (Wildman–Crippen MR) is 65.0 cm³/mol. The van der Waals surface area contributed by atoms with Crippen molar-refractivity contribution < 1.29 is 8.78 Å². The Hall–Kier alpha value is -0.670. The van der Waals surface area contributed by atoms with Gasteiger partial charge in [-0.2, -0.15) is 0 Å². The summed E-state index contributed by atoms with van der Waals surface area (Å²) in [5.74, 6) is -0.971. The van der Waals surface area contributed by atoms with E-state index in [2.05, 4.69) is 5.32 Å². The van der Waals surface area contributed by atoms with E-state index >= 15 is 0 Å². The molecular formula is C13H16ClF2N. The van der Waals surface area contributed by atoms with Gasteiger partial charge < -0.3 is 5.32 Å². The molecule has 0 aliphatic heterocycles. The van der Waals surface area contributed by atoms with Crippen molar-refractivity contribution in [3.8, 4) is 0 Å². The van der Waals surface area contributed by atoms with E-state index in [4.69, 9.17) is 11.6 Å². The maximum absolute atomic E-state index is 13.3. The van der Waals surface area contributed by atoms with Crippen molar-refractivity contribution in [3.05, 3.63) is 35.4 Å². The van der Waals surface area contributed by atoms with Gasteiger partial charge in [0, 0.05) is 17.5 Å². The van der Waals surface area contributed by atoms with E-state index in [0.717, 1.165) is 31.9 Å². The van der Waals surface area contributed by atoms with Crippen LogP contribution in [0.4, 0.5) is 8.78 Å². The monoisotopic (exact) mass is 259 g/mol. The molecule has 94 valence electrons.